The van der Waals surface area contributed by atoms with Crippen LogP contribution in [0.15, 0.2) is 18.2 Å². The first-order valence-corrected chi connectivity index (χ1v) is 6.53. The van der Waals surface area contributed by atoms with E-state index in [0.717, 1.165) is 25.0 Å². The number of halogens is 1. The molecule has 6 nitrogen and oxygen atoms in total. The number of nitrogens with zero attached hydrogens (tertiary/aromatic N) is 2. The van der Waals surface area contributed by atoms with Gasteiger partial charge in [-0.2, -0.15) is 4.39 Å². The Morgan fingerprint density at radius 2 is 2.30 bits per heavy atom. The number of anilines is 1. The second-order valence-electron chi connectivity index (χ2n) is 4.64. The van der Waals surface area contributed by atoms with Gasteiger partial charge >= 0.3 is 5.69 Å². The number of carbonyl (C=O) groups is 1. The summed E-state index contributed by atoms with van der Waals surface area (Å²) in [7, 11) is 0. The molecule has 1 unspecified atom stereocenters. The van der Waals surface area contributed by atoms with Crippen LogP contribution in [-0.2, 0) is 4.79 Å². The van der Waals surface area contributed by atoms with Gasteiger partial charge < -0.3 is 10.2 Å². The van der Waals surface area contributed by atoms with Gasteiger partial charge in [-0.3, -0.25) is 14.9 Å². The van der Waals surface area contributed by atoms with Crippen molar-refractivity contribution in [3.63, 3.8) is 0 Å². The maximum absolute atomic E-state index is 13.3. The number of amides is 1. The van der Waals surface area contributed by atoms with Crippen LogP contribution in [0.3, 0.4) is 0 Å². The van der Waals surface area contributed by atoms with E-state index in [0.29, 0.717) is 18.8 Å². The van der Waals surface area contributed by atoms with Crippen LogP contribution in [0.2, 0.25) is 0 Å². The lowest BCUT2D eigenvalue weighted by Crippen LogP contribution is -2.50. The zero-order valence-corrected chi connectivity index (χ0v) is 11.1. The molecule has 0 radical (unpaired) electrons. The van der Waals surface area contributed by atoms with Gasteiger partial charge in [-0.25, -0.2) is 0 Å². The van der Waals surface area contributed by atoms with Crippen molar-refractivity contribution in [1.29, 1.82) is 0 Å². The number of benzene rings is 1. The second-order valence-corrected chi connectivity index (χ2v) is 4.64. The van der Waals surface area contributed by atoms with Gasteiger partial charge in [-0.15, -0.1) is 0 Å². The molecule has 1 aliphatic heterocycles. The lowest BCUT2D eigenvalue weighted by atomic mass is 10.0. The average Bonchev–Trinajstić information content (AvgIpc) is 2.42. The minimum absolute atomic E-state index is 0.126. The van der Waals surface area contributed by atoms with Gasteiger partial charge in [-0.1, -0.05) is 6.92 Å². The molecule has 2 rings (SSSR count). The zero-order valence-electron chi connectivity index (χ0n) is 11.1. The highest BCUT2D eigenvalue weighted by atomic mass is 19.1. The summed E-state index contributed by atoms with van der Waals surface area (Å²) in [5, 5.41) is 13.8. The number of hydrogen-bond acceptors (Lipinski definition) is 4. The van der Waals surface area contributed by atoms with Crippen LogP contribution in [0.1, 0.15) is 19.8 Å². The summed E-state index contributed by atoms with van der Waals surface area (Å²) < 4.78 is 13.3. The van der Waals surface area contributed by atoms with E-state index < -0.39 is 16.4 Å². The van der Waals surface area contributed by atoms with E-state index in [-0.39, 0.29) is 11.9 Å². The van der Waals surface area contributed by atoms with Gasteiger partial charge in [-0.05, 0) is 31.5 Å². The van der Waals surface area contributed by atoms with Crippen LogP contribution in [-0.4, -0.2) is 30.0 Å². The Kier molecular flexibility index (Phi) is 4.29. The summed E-state index contributed by atoms with van der Waals surface area (Å²) in [6.07, 6.45) is 1.54. The standard InChI is InChI=1S/C13H16FN3O3/c1-2-15-11-4-3-7-16(13(11)18)9-5-6-10(14)12(8-9)17(19)20/h5-6,8,11,15H,2-4,7H2,1H3. The predicted octanol–water partition coefficient (Wildman–Crippen LogP) is 1.84. The normalized spacial score (nSPS) is 19.2. The van der Waals surface area contributed by atoms with Crippen LogP contribution < -0.4 is 10.2 Å². The number of piperidine rings is 1. The van der Waals surface area contributed by atoms with Crippen molar-refractivity contribution in [2.75, 3.05) is 18.0 Å². The molecule has 0 spiro atoms. The van der Waals surface area contributed by atoms with Crippen molar-refractivity contribution >= 4 is 17.3 Å². The van der Waals surface area contributed by atoms with Crippen LogP contribution in [0, 0.1) is 15.9 Å². The number of nitro groups is 1. The Hall–Kier alpha value is -2.02. The lowest BCUT2D eigenvalue weighted by Gasteiger charge is -2.32. The molecule has 1 aromatic rings. The highest BCUT2D eigenvalue weighted by Crippen LogP contribution is 2.27. The van der Waals surface area contributed by atoms with Crippen molar-refractivity contribution in [3.05, 3.63) is 34.1 Å². The molecule has 1 fully saturated rings. The largest absolute Gasteiger partial charge is 0.311 e. The third-order valence-corrected chi connectivity index (χ3v) is 3.33. The Labute approximate surface area is 115 Å². The minimum atomic E-state index is -0.897. The molecular weight excluding hydrogens is 265 g/mol. The fourth-order valence-electron chi connectivity index (χ4n) is 2.38. The number of carbonyl (C=O) groups excluding carboxylic acids is 1. The predicted molar refractivity (Wildman–Crippen MR) is 72.1 cm³/mol. The van der Waals surface area contributed by atoms with Gasteiger partial charge in [0.25, 0.3) is 0 Å². The van der Waals surface area contributed by atoms with E-state index in [4.69, 9.17) is 0 Å². The van der Waals surface area contributed by atoms with E-state index in [1.165, 1.54) is 11.0 Å². The van der Waals surface area contributed by atoms with Crippen LogP contribution in [0.25, 0.3) is 0 Å². The summed E-state index contributed by atoms with van der Waals surface area (Å²) >= 11 is 0. The van der Waals surface area contributed by atoms with Gasteiger partial charge in [0.2, 0.25) is 11.7 Å². The Morgan fingerprint density at radius 3 is 2.95 bits per heavy atom. The molecule has 1 amide bonds. The lowest BCUT2D eigenvalue weighted by molar-refractivity contribution is -0.387. The maximum Gasteiger partial charge on any atom is 0.306 e. The highest BCUT2D eigenvalue weighted by molar-refractivity contribution is 5.98. The first kappa shape index (κ1) is 14.4. The molecule has 1 atom stereocenters. The van der Waals surface area contributed by atoms with E-state index in [9.17, 15) is 19.3 Å². The molecule has 7 heteroatoms. The molecule has 0 bridgehead atoms. The highest BCUT2D eigenvalue weighted by Gasteiger charge is 2.30. The van der Waals surface area contributed by atoms with Crippen molar-refractivity contribution in [1.82, 2.24) is 5.32 Å². The Balaban J connectivity index is 2.28. The number of rotatable bonds is 4. The quantitative estimate of drug-likeness (QED) is 0.675. The molecule has 0 aliphatic carbocycles. The van der Waals surface area contributed by atoms with Crippen molar-refractivity contribution < 1.29 is 14.1 Å². The average molecular weight is 281 g/mol. The molecule has 0 saturated carbocycles. The SMILES string of the molecule is CCNC1CCCN(c2ccc(F)c([N+](=O)[O-])c2)C1=O. The van der Waals surface area contributed by atoms with Gasteiger partial charge in [0.05, 0.1) is 16.7 Å². The topological polar surface area (TPSA) is 75.5 Å². The number of likely N-dealkylation sites (N-methyl/N-ethyl adjacent to an activating group) is 1. The zero-order chi connectivity index (χ0) is 14.7. The first-order chi connectivity index (χ1) is 9.54. The molecular formula is C13H16FN3O3. The molecule has 0 aromatic heterocycles. The van der Waals surface area contributed by atoms with Crippen molar-refractivity contribution in [3.8, 4) is 0 Å². The molecule has 108 valence electrons. The first-order valence-electron chi connectivity index (χ1n) is 6.53. The molecule has 1 aliphatic rings. The van der Waals surface area contributed by atoms with Crippen molar-refractivity contribution in [2.24, 2.45) is 0 Å². The molecule has 1 aromatic carbocycles. The molecule has 1 heterocycles. The van der Waals surface area contributed by atoms with Gasteiger partial charge in [0.1, 0.15) is 0 Å². The smallest absolute Gasteiger partial charge is 0.306 e. The molecule has 20 heavy (non-hydrogen) atoms. The molecule has 1 saturated heterocycles. The monoisotopic (exact) mass is 281 g/mol. The summed E-state index contributed by atoms with van der Waals surface area (Å²) in [4.78, 5) is 23.7. The fraction of sp³-hybridized carbons (Fsp3) is 0.462. The summed E-state index contributed by atoms with van der Waals surface area (Å²) in [6, 6.07) is 3.26. The number of hydrogen-bond donors (Lipinski definition) is 1. The van der Waals surface area contributed by atoms with E-state index >= 15 is 0 Å². The third kappa shape index (κ3) is 2.77. The Morgan fingerprint density at radius 1 is 1.55 bits per heavy atom. The number of nitrogens with one attached hydrogen (secondary N) is 1. The van der Waals surface area contributed by atoms with Gasteiger partial charge in [0, 0.05) is 12.6 Å². The third-order valence-electron chi connectivity index (χ3n) is 3.33. The summed E-state index contributed by atoms with van der Waals surface area (Å²) in [5.41, 5.74) is -0.244. The maximum atomic E-state index is 13.3. The molecule has 1 N–H and O–H groups in total. The second kappa shape index (κ2) is 5.96. The van der Waals surface area contributed by atoms with Gasteiger partial charge in [0.15, 0.2) is 0 Å². The van der Waals surface area contributed by atoms with E-state index in [1.54, 1.807) is 0 Å². The van der Waals surface area contributed by atoms with Crippen LogP contribution in [0.5, 0.6) is 0 Å². The fourth-order valence-corrected chi connectivity index (χ4v) is 2.38. The minimum Gasteiger partial charge on any atom is -0.311 e. The summed E-state index contributed by atoms with van der Waals surface area (Å²) in [6.45, 7) is 3.08. The van der Waals surface area contributed by atoms with Crippen LogP contribution in [0.4, 0.5) is 15.8 Å². The Bertz CT molecular complexity index is 534. The van der Waals surface area contributed by atoms with Crippen LogP contribution >= 0.6 is 0 Å². The van der Waals surface area contributed by atoms with E-state index in [2.05, 4.69) is 5.32 Å². The van der Waals surface area contributed by atoms with Crippen molar-refractivity contribution in [2.45, 2.75) is 25.8 Å². The summed E-state index contributed by atoms with van der Waals surface area (Å²) in [5.74, 6) is -1.02. The van der Waals surface area contributed by atoms with E-state index in [1.807, 2.05) is 6.92 Å². The number of nitro benzene ring substituents is 1.